The van der Waals surface area contributed by atoms with Gasteiger partial charge in [0, 0.05) is 18.0 Å². The van der Waals surface area contributed by atoms with E-state index in [1.807, 2.05) is 25.7 Å². The molecule has 6 nitrogen and oxygen atoms in total. The standard InChI is InChI=1S/C18H26N4O2S2.ClH/c1-10-11(2)26-16-14(10)15(23)20-13(21-16)7-25-12(3)17(24)22-6-5-18(4,8-19)9-22;/h12H,5-9,19H2,1-4H3,(H,20,21,23);1H. The molecule has 2 unspecified atom stereocenters. The number of aromatic amines is 1. The molecule has 0 aromatic carbocycles. The van der Waals surface area contributed by atoms with Crippen molar-refractivity contribution in [3.05, 3.63) is 26.6 Å². The average molecular weight is 431 g/mol. The Morgan fingerprint density at radius 3 is 2.81 bits per heavy atom. The molecule has 0 saturated carbocycles. The number of nitrogens with one attached hydrogen (secondary N) is 1. The number of carbonyl (C=O) groups excluding carboxylic acids is 1. The zero-order valence-corrected chi connectivity index (χ0v) is 18.6. The number of aromatic nitrogens is 2. The van der Waals surface area contributed by atoms with Crippen molar-refractivity contribution < 1.29 is 4.79 Å². The predicted molar refractivity (Wildman–Crippen MR) is 116 cm³/mol. The Morgan fingerprint density at radius 2 is 2.19 bits per heavy atom. The van der Waals surface area contributed by atoms with Crippen LogP contribution < -0.4 is 11.3 Å². The molecule has 3 heterocycles. The molecule has 27 heavy (non-hydrogen) atoms. The number of nitrogens with zero attached hydrogens (tertiary/aromatic N) is 2. The number of likely N-dealkylation sites (tertiary alicyclic amines) is 1. The molecule has 1 fully saturated rings. The topological polar surface area (TPSA) is 92.1 Å². The van der Waals surface area contributed by atoms with Crippen LogP contribution in [0.2, 0.25) is 0 Å². The van der Waals surface area contributed by atoms with Gasteiger partial charge in [0.25, 0.3) is 5.56 Å². The smallest absolute Gasteiger partial charge is 0.259 e. The number of H-pyrrole nitrogens is 1. The summed E-state index contributed by atoms with van der Waals surface area (Å²) in [5.41, 5.74) is 6.77. The Kier molecular flexibility index (Phi) is 7.00. The van der Waals surface area contributed by atoms with E-state index >= 15 is 0 Å². The molecule has 0 spiro atoms. The Balaban J connectivity index is 0.00000261. The molecule has 150 valence electrons. The van der Waals surface area contributed by atoms with E-state index in [1.165, 1.54) is 11.8 Å². The molecule has 1 aliphatic heterocycles. The van der Waals surface area contributed by atoms with Crippen molar-refractivity contribution in [1.29, 1.82) is 0 Å². The van der Waals surface area contributed by atoms with Crippen LogP contribution in [-0.4, -0.2) is 45.7 Å². The number of rotatable bonds is 5. The summed E-state index contributed by atoms with van der Waals surface area (Å²) in [7, 11) is 0. The molecule has 1 aliphatic rings. The van der Waals surface area contributed by atoms with Crippen LogP contribution in [0.5, 0.6) is 0 Å². The van der Waals surface area contributed by atoms with Crippen LogP contribution in [0.25, 0.3) is 10.2 Å². The molecule has 1 amide bonds. The van der Waals surface area contributed by atoms with Gasteiger partial charge in [0.05, 0.1) is 16.4 Å². The molecule has 9 heteroatoms. The zero-order valence-electron chi connectivity index (χ0n) is 16.1. The summed E-state index contributed by atoms with van der Waals surface area (Å²) in [6.07, 6.45) is 0.954. The normalized spacial score (nSPS) is 20.7. The van der Waals surface area contributed by atoms with Crippen molar-refractivity contribution in [2.45, 2.75) is 45.1 Å². The van der Waals surface area contributed by atoms with Gasteiger partial charge < -0.3 is 15.6 Å². The van der Waals surface area contributed by atoms with Crippen LogP contribution >= 0.6 is 35.5 Å². The highest BCUT2D eigenvalue weighted by molar-refractivity contribution is 7.99. The summed E-state index contributed by atoms with van der Waals surface area (Å²) in [6, 6.07) is 0. The largest absolute Gasteiger partial charge is 0.341 e. The highest BCUT2D eigenvalue weighted by atomic mass is 35.5. The Hall–Kier alpha value is -1.09. The van der Waals surface area contributed by atoms with Crippen molar-refractivity contribution in [2.24, 2.45) is 11.1 Å². The second kappa shape index (κ2) is 8.51. The van der Waals surface area contributed by atoms with E-state index in [9.17, 15) is 9.59 Å². The lowest BCUT2D eigenvalue weighted by Crippen LogP contribution is -2.38. The van der Waals surface area contributed by atoms with Gasteiger partial charge in [-0.3, -0.25) is 9.59 Å². The minimum atomic E-state index is -0.178. The van der Waals surface area contributed by atoms with E-state index in [1.54, 1.807) is 11.3 Å². The molecule has 3 N–H and O–H groups in total. The molecular formula is C18H27ClN4O2S2. The second-order valence-electron chi connectivity index (χ2n) is 7.45. The first kappa shape index (κ1) is 22.2. The van der Waals surface area contributed by atoms with E-state index in [0.29, 0.717) is 23.5 Å². The summed E-state index contributed by atoms with van der Waals surface area (Å²) < 4.78 is 0. The van der Waals surface area contributed by atoms with Gasteiger partial charge in [0.1, 0.15) is 10.7 Å². The fraction of sp³-hybridized carbons (Fsp3) is 0.611. The van der Waals surface area contributed by atoms with E-state index < -0.39 is 0 Å². The third-order valence-corrected chi connectivity index (χ3v) is 7.51. The minimum Gasteiger partial charge on any atom is -0.341 e. The van der Waals surface area contributed by atoms with Gasteiger partial charge in [-0.15, -0.1) is 35.5 Å². The number of aryl methyl sites for hydroxylation is 2. The molecule has 2 aromatic heterocycles. The first-order valence-corrected chi connectivity index (χ1v) is 10.7. The Labute approximate surface area is 173 Å². The first-order chi connectivity index (χ1) is 12.2. The van der Waals surface area contributed by atoms with Crippen LogP contribution in [0, 0.1) is 19.3 Å². The summed E-state index contributed by atoms with van der Waals surface area (Å²) >= 11 is 3.05. The highest BCUT2D eigenvalue weighted by Gasteiger charge is 2.36. The fourth-order valence-electron chi connectivity index (χ4n) is 3.28. The number of nitrogens with two attached hydrogens (primary N) is 1. The fourth-order valence-corrected chi connectivity index (χ4v) is 5.16. The van der Waals surface area contributed by atoms with Crippen LogP contribution in [0.4, 0.5) is 0 Å². The Bertz CT molecular complexity index is 897. The lowest BCUT2D eigenvalue weighted by molar-refractivity contribution is -0.129. The quantitative estimate of drug-likeness (QED) is 0.760. The lowest BCUT2D eigenvalue weighted by atomic mass is 9.90. The molecule has 1 saturated heterocycles. The number of hydrogen-bond acceptors (Lipinski definition) is 6. The van der Waals surface area contributed by atoms with Gasteiger partial charge in [-0.1, -0.05) is 6.92 Å². The van der Waals surface area contributed by atoms with E-state index in [4.69, 9.17) is 5.73 Å². The number of fused-ring (bicyclic) bond motifs is 1. The molecule has 3 rings (SSSR count). The zero-order chi connectivity index (χ0) is 19.1. The second-order valence-corrected chi connectivity index (χ2v) is 9.99. The van der Waals surface area contributed by atoms with Crippen molar-refractivity contribution in [3.63, 3.8) is 0 Å². The van der Waals surface area contributed by atoms with Crippen molar-refractivity contribution in [3.8, 4) is 0 Å². The van der Waals surface area contributed by atoms with Gasteiger partial charge in [-0.2, -0.15) is 0 Å². The number of amides is 1. The summed E-state index contributed by atoms with van der Waals surface area (Å²) in [6.45, 7) is 10.1. The van der Waals surface area contributed by atoms with Crippen molar-refractivity contribution in [1.82, 2.24) is 14.9 Å². The third-order valence-electron chi connectivity index (χ3n) is 5.27. The number of thiophene rings is 1. The number of halogens is 1. The van der Waals surface area contributed by atoms with Crippen LogP contribution in [0.3, 0.4) is 0 Å². The van der Waals surface area contributed by atoms with Gasteiger partial charge >= 0.3 is 0 Å². The number of hydrogen-bond donors (Lipinski definition) is 2. The van der Waals surface area contributed by atoms with Crippen LogP contribution in [-0.2, 0) is 10.5 Å². The highest BCUT2D eigenvalue weighted by Crippen LogP contribution is 2.31. The SMILES string of the molecule is Cc1sc2nc(CSC(C)C(=O)N3CCC(C)(CN)C3)[nH]c(=O)c2c1C.Cl. The van der Waals surface area contributed by atoms with Crippen LogP contribution in [0.15, 0.2) is 4.79 Å². The molecule has 2 atom stereocenters. The van der Waals surface area contributed by atoms with E-state index in [-0.39, 0.29) is 34.5 Å². The maximum atomic E-state index is 12.7. The van der Waals surface area contributed by atoms with Gasteiger partial charge in [0.2, 0.25) is 5.91 Å². The monoisotopic (exact) mass is 430 g/mol. The van der Waals surface area contributed by atoms with Crippen LogP contribution in [0.1, 0.15) is 36.5 Å². The van der Waals surface area contributed by atoms with Gasteiger partial charge in [0.15, 0.2) is 0 Å². The maximum absolute atomic E-state index is 12.7. The summed E-state index contributed by atoms with van der Waals surface area (Å²) in [4.78, 5) is 36.3. The molecule has 0 aliphatic carbocycles. The Morgan fingerprint density at radius 1 is 1.48 bits per heavy atom. The number of thioether (sulfide) groups is 1. The predicted octanol–water partition coefficient (Wildman–Crippen LogP) is 2.84. The molecular weight excluding hydrogens is 404 g/mol. The number of carbonyl (C=O) groups is 1. The van der Waals surface area contributed by atoms with Gasteiger partial charge in [-0.25, -0.2) is 4.98 Å². The van der Waals surface area contributed by atoms with E-state index in [2.05, 4.69) is 16.9 Å². The van der Waals surface area contributed by atoms with Crippen molar-refractivity contribution >= 4 is 51.6 Å². The summed E-state index contributed by atoms with van der Waals surface area (Å²) in [5, 5.41) is 0.506. The molecule has 0 bridgehead atoms. The van der Waals surface area contributed by atoms with Gasteiger partial charge in [-0.05, 0) is 44.7 Å². The maximum Gasteiger partial charge on any atom is 0.259 e. The molecule has 2 aromatic rings. The van der Waals surface area contributed by atoms with E-state index in [0.717, 1.165) is 34.8 Å². The van der Waals surface area contributed by atoms with Crippen molar-refractivity contribution in [2.75, 3.05) is 19.6 Å². The first-order valence-electron chi connectivity index (χ1n) is 8.83. The third kappa shape index (κ3) is 4.50. The summed E-state index contributed by atoms with van der Waals surface area (Å²) in [5.74, 6) is 1.27. The average Bonchev–Trinajstić information content (AvgIpc) is 3.13. The lowest BCUT2D eigenvalue weighted by Gasteiger charge is -2.24. The molecule has 0 radical (unpaired) electrons. The minimum absolute atomic E-state index is 0.